The minimum Gasteiger partial charge on any atom is -0.497 e. The van der Waals surface area contributed by atoms with Gasteiger partial charge in [-0.15, -0.1) is 0 Å². The van der Waals surface area contributed by atoms with Crippen molar-refractivity contribution in [3.8, 4) is 11.5 Å². The summed E-state index contributed by atoms with van der Waals surface area (Å²) in [6, 6.07) is 11.9. The van der Waals surface area contributed by atoms with Gasteiger partial charge in [0, 0.05) is 26.2 Å². The molecule has 31 heavy (non-hydrogen) atoms. The van der Waals surface area contributed by atoms with Crippen molar-refractivity contribution in [3.63, 3.8) is 0 Å². The molecular formula is C22H24FN3O4S. The number of carbonyl (C=O) groups excluding carboxylic acids is 1. The Balaban J connectivity index is 1.49. The number of anilines is 1. The number of ether oxygens (including phenoxy) is 3. The molecule has 1 aliphatic rings. The summed E-state index contributed by atoms with van der Waals surface area (Å²) >= 11 is 1.30. The second-order valence-electron chi connectivity index (χ2n) is 7.05. The van der Waals surface area contributed by atoms with Crippen LogP contribution in [0.5, 0.6) is 11.5 Å². The maximum atomic E-state index is 14.2. The van der Waals surface area contributed by atoms with Gasteiger partial charge in [0.05, 0.1) is 25.0 Å². The average molecular weight is 446 g/mol. The first-order valence-electron chi connectivity index (χ1n) is 10.1. The van der Waals surface area contributed by atoms with Crippen molar-refractivity contribution < 1.29 is 23.4 Å². The highest BCUT2D eigenvalue weighted by molar-refractivity contribution is 7.22. The topological polar surface area (TPSA) is 64.1 Å². The van der Waals surface area contributed by atoms with E-state index >= 15 is 0 Å². The average Bonchev–Trinajstić information content (AvgIpc) is 3.24. The summed E-state index contributed by atoms with van der Waals surface area (Å²) in [4.78, 5) is 21.3. The van der Waals surface area contributed by atoms with E-state index < -0.39 is 5.82 Å². The molecule has 1 aliphatic heterocycles. The van der Waals surface area contributed by atoms with E-state index in [0.717, 1.165) is 13.1 Å². The monoisotopic (exact) mass is 445 g/mol. The summed E-state index contributed by atoms with van der Waals surface area (Å²) in [6.07, 6.45) is 0. The number of halogens is 1. The van der Waals surface area contributed by atoms with E-state index in [-0.39, 0.29) is 18.0 Å². The zero-order valence-electron chi connectivity index (χ0n) is 17.3. The largest absolute Gasteiger partial charge is 0.497 e. The van der Waals surface area contributed by atoms with Gasteiger partial charge in [0.1, 0.15) is 22.8 Å². The Morgan fingerprint density at radius 1 is 1.19 bits per heavy atom. The van der Waals surface area contributed by atoms with E-state index in [1.807, 2.05) is 0 Å². The second kappa shape index (κ2) is 10.0. The molecular weight excluding hydrogens is 421 g/mol. The zero-order valence-corrected chi connectivity index (χ0v) is 18.1. The molecule has 0 aliphatic carbocycles. The molecule has 0 saturated carbocycles. The molecule has 164 valence electrons. The first kappa shape index (κ1) is 21.5. The molecule has 0 spiro atoms. The van der Waals surface area contributed by atoms with E-state index in [4.69, 9.17) is 14.2 Å². The van der Waals surface area contributed by atoms with E-state index in [0.29, 0.717) is 47.6 Å². The molecule has 1 amide bonds. The molecule has 0 atom stereocenters. The number of rotatable bonds is 8. The van der Waals surface area contributed by atoms with Crippen molar-refractivity contribution in [1.29, 1.82) is 0 Å². The van der Waals surface area contributed by atoms with Crippen molar-refractivity contribution in [2.75, 3.05) is 58.0 Å². The van der Waals surface area contributed by atoms with E-state index in [2.05, 4.69) is 9.88 Å². The molecule has 2 aromatic carbocycles. The number of methoxy groups -OCH3 is 1. The van der Waals surface area contributed by atoms with Crippen LogP contribution in [0.3, 0.4) is 0 Å². The third-order valence-corrected chi connectivity index (χ3v) is 6.10. The lowest BCUT2D eigenvalue weighted by Crippen LogP contribution is -2.44. The highest BCUT2D eigenvalue weighted by Gasteiger charge is 2.23. The number of para-hydroxylation sites is 1. The lowest BCUT2D eigenvalue weighted by Gasteiger charge is -2.29. The van der Waals surface area contributed by atoms with Gasteiger partial charge in [0.2, 0.25) is 0 Å². The van der Waals surface area contributed by atoms with Crippen LogP contribution in [0, 0.1) is 5.82 Å². The minimum atomic E-state index is -0.393. The van der Waals surface area contributed by atoms with Gasteiger partial charge in [0.25, 0.3) is 5.91 Å². The number of benzene rings is 2. The highest BCUT2D eigenvalue weighted by Crippen LogP contribution is 2.30. The van der Waals surface area contributed by atoms with E-state index in [1.54, 1.807) is 48.4 Å². The van der Waals surface area contributed by atoms with Gasteiger partial charge in [-0.3, -0.25) is 14.6 Å². The van der Waals surface area contributed by atoms with Gasteiger partial charge in [-0.1, -0.05) is 17.4 Å². The Hall–Kier alpha value is -2.75. The predicted molar refractivity (Wildman–Crippen MR) is 118 cm³/mol. The number of nitrogens with zero attached hydrogens (tertiary/aromatic N) is 3. The zero-order chi connectivity index (χ0) is 21.6. The number of carbonyl (C=O) groups is 1. The van der Waals surface area contributed by atoms with Gasteiger partial charge in [-0.05, 0) is 36.4 Å². The fraction of sp³-hybridized carbons (Fsp3) is 0.364. The Kier molecular flexibility index (Phi) is 6.96. The van der Waals surface area contributed by atoms with Crippen LogP contribution in [-0.4, -0.2) is 68.9 Å². The minimum absolute atomic E-state index is 0.145. The molecule has 0 N–H and O–H groups in total. The van der Waals surface area contributed by atoms with E-state index in [1.165, 1.54) is 17.4 Å². The van der Waals surface area contributed by atoms with Crippen molar-refractivity contribution in [2.45, 2.75) is 0 Å². The fourth-order valence-corrected chi connectivity index (χ4v) is 4.33. The summed E-state index contributed by atoms with van der Waals surface area (Å²) in [5, 5.41) is 0.469. The number of aromatic nitrogens is 1. The van der Waals surface area contributed by atoms with Crippen LogP contribution in [-0.2, 0) is 9.53 Å². The Bertz CT molecular complexity index is 1020. The number of morpholine rings is 1. The SMILES string of the molecule is COc1ccc(OCC(=O)N(CCN2CCOCC2)c2nc3c(F)cccc3s2)cc1. The van der Waals surface area contributed by atoms with Gasteiger partial charge in [-0.2, -0.15) is 0 Å². The summed E-state index contributed by atoms with van der Waals surface area (Å²) in [5.41, 5.74) is 0.280. The lowest BCUT2D eigenvalue weighted by atomic mass is 10.3. The predicted octanol–water partition coefficient (Wildman–Crippen LogP) is 3.19. The van der Waals surface area contributed by atoms with Gasteiger partial charge < -0.3 is 14.2 Å². The summed E-state index contributed by atoms with van der Waals surface area (Å²) in [5.74, 6) is 0.651. The molecule has 2 heterocycles. The molecule has 9 heteroatoms. The molecule has 3 aromatic rings. The molecule has 1 saturated heterocycles. The molecule has 0 bridgehead atoms. The molecule has 1 fully saturated rings. The second-order valence-corrected chi connectivity index (χ2v) is 8.06. The Morgan fingerprint density at radius 3 is 2.65 bits per heavy atom. The number of amides is 1. The number of thiazole rings is 1. The smallest absolute Gasteiger partial charge is 0.266 e. The van der Waals surface area contributed by atoms with Crippen molar-refractivity contribution >= 4 is 32.6 Å². The molecule has 1 aromatic heterocycles. The van der Waals surface area contributed by atoms with Crippen LogP contribution in [0.1, 0.15) is 0 Å². The van der Waals surface area contributed by atoms with Crippen LogP contribution in [0.2, 0.25) is 0 Å². The molecule has 0 radical (unpaired) electrons. The summed E-state index contributed by atoms with van der Waals surface area (Å²) in [7, 11) is 1.59. The van der Waals surface area contributed by atoms with Crippen molar-refractivity contribution in [2.24, 2.45) is 0 Å². The number of fused-ring (bicyclic) bond motifs is 1. The van der Waals surface area contributed by atoms with Crippen LogP contribution in [0.4, 0.5) is 9.52 Å². The fourth-order valence-electron chi connectivity index (χ4n) is 3.31. The standard InChI is InChI=1S/C22H24FN3O4S/c1-28-16-5-7-17(8-6-16)30-15-20(27)26(10-9-25-11-13-29-14-12-25)22-24-21-18(23)3-2-4-19(21)31-22/h2-8H,9-15H2,1H3. The maximum absolute atomic E-state index is 14.2. The van der Waals surface area contributed by atoms with Gasteiger partial charge >= 0.3 is 0 Å². The lowest BCUT2D eigenvalue weighted by molar-refractivity contribution is -0.120. The van der Waals surface area contributed by atoms with Gasteiger partial charge in [-0.25, -0.2) is 9.37 Å². The Morgan fingerprint density at radius 2 is 1.94 bits per heavy atom. The van der Waals surface area contributed by atoms with Crippen LogP contribution < -0.4 is 14.4 Å². The normalized spacial score (nSPS) is 14.5. The van der Waals surface area contributed by atoms with Crippen molar-refractivity contribution in [3.05, 3.63) is 48.3 Å². The summed E-state index contributed by atoms with van der Waals surface area (Å²) in [6.45, 7) is 3.97. The number of hydrogen-bond acceptors (Lipinski definition) is 7. The molecule has 0 unspecified atom stereocenters. The third-order valence-electron chi connectivity index (χ3n) is 5.06. The van der Waals surface area contributed by atoms with Gasteiger partial charge in [0.15, 0.2) is 11.7 Å². The highest BCUT2D eigenvalue weighted by atomic mass is 32.1. The van der Waals surface area contributed by atoms with Crippen LogP contribution in [0.25, 0.3) is 10.2 Å². The first-order chi connectivity index (χ1) is 15.1. The Labute approximate surface area is 183 Å². The van der Waals surface area contributed by atoms with Crippen LogP contribution in [0.15, 0.2) is 42.5 Å². The van der Waals surface area contributed by atoms with E-state index in [9.17, 15) is 9.18 Å². The van der Waals surface area contributed by atoms with Crippen molar-refractivity contribution in [1.82, 2.24) is 9.88 Å². The molecule has 7 nitrogen and oxygen atoms in total. The summed E-state index contributed by atoms with van der Waals surface area (Å²) < 4.78 is 31.1. The number of hydrogen-bond donors (Lipinski definition) is 0. The molecule has 4 rings (SSSR count). The van der Waals surface area contributed by atoms with Crippen LogP contribution >= 0.6 is 11.3 Å². The first-order valence-corrected chi connectivity index (χ1v) is 10.9. The maximum Gasteiger partial charge on any atom is 0.266 e. The quantitative estimate of drug-likeness (QED) is 0.531. The third kappa shape index (κ3) is 5.30.